The van der Waals surface area contributed by atoms with E-state index in [4.69, 9.17) is 0 Å². The maximum atomic E-state index is 14.1. The van der Waals surface area contributed by atoms with Gasteiger partial charge in [-0.3, -0.25) is 0 Å². The lowest BCUT2D eigenvalue weighted by Crippen LogP contribution is -2.23. The Morgan fingerprint density at radius 2 is 1.90 bits per heavy atom. The van der Waals surface area contributed by atoms with Crippen LogP contribution in [0.15, 0.2) is 36.4 Å². The summed E-state index contributed by atoms with van der Waals surface area (Å²) in [5.41, 5.74) is 4.10. The molecule has 1 aliphatic carbocycles. The van der Waals surface area contributed by atoms with E-state index in [1.807, 2.05) is 13.0 Å². The van der Waals surface area contributed by atoms with Gasteiger partial charge in [0.15, 0.2) is 11.6 Å². The van der Waals surface area contributed by atoms with Gasteiger partial charge in [-0.2, -0.15) is 0 Å². The zero-order valence-corrected chi connectivity index (χ0v) is 12.1. The number of rotatable bonds is 4. The van der Waals surface area contributed by atoms with Gasteiger partial charge in [0, 0.05) is 5.56 Å². The first-order chi connectivity index (χ1) is 10.2. The fourth-order valence-corrected chi connectivity index (χ4v) is 3.13. The number of fused-ring (bicyclic) bond motifs is 1. The van der Waals surface area contributed by atoms with Crippen molar-refractivity contribution in [1.82, 2.24) is 5.32 Å². The standard InChI is InChI=1S/C18H19F2N/c1-2-21-18(15-7-4-8-16(19)17(15)20)14-10-9-12-5-3-6-13(12)11-14/h4,7-11,18,21H,2-3,5-6H2,1H3. The lowest BCUT2D eigenvalue weighted by Gasteiger charge is -2.20. The van der Waals surface area contributed by atoms with E-state index in [2.05, 4.69) is 17.4 Å². The van der Waals surface area contributed by atoms with Gasteiger partial charge < -0.3 is 5.32 Å². The van der Waals surface area contributed by atoms with Gasteiger partial charge in [0.25, 0.3) is 0 Å². The molecule has 21 heavy (non-hydrogen) atoms. The molecule has 1 aliphatic rings. The molecule has 1 N–H and O–H groups in total. The van der Waals surface area contributed by atoms with Crippen LogP contribution in [0.25, 0.3) is 0 Å². The molecule has 0 bridgehead atoms. The van der Waals surface area contributed by atoms with Crippen LogP contribution in [0.4, 0.5) is 8.78 Å². The van der Waals surface area contributed by atoms with E-state index in [0.29, 0.717) is 12.1 Å². The van der Waals surface area contributed by atoms with Crippen LogP contribution in [0, 0.1) is 11.6 Å². The second-order valence-corrected chi connectivity index (χ2v) is 5.52. The number of halogens is 2. The highest BCUT2D eigenvalue weighted by atomic mass is 19.2. The van der Waals surface area contributed by atoms with Crippen LogP contribution in [0.3, 0.4) is 0 Å². The van der Waals surface area contributed by atoms with Gasteiger partial charge in [-0.1, -0.05) is 37.3 Å². The van der Waals surface area contributed by atoms with Crippen LogP contribution in [0.1, 0.15) is 41.6 Å². The molecular formula is C18H19F2N. The molecular weight excluding hydrogens is 268 g/mol. The fourth-order valence-electron chi connectivity index (χ4n) is 3.13. The summed E-state index contributed by atoms with van der Waals surface area (Å²) in [6.45, 7) is 2.66. The summed E-state index contributed by atoms with van der Waals surface area (Å²) in [4.78, 5) is 0. The van der Waals surface area contributed by atoms with Crippen LogP contribution >= 0.6 is 0 Å². The summed E-state index contributed by atoms with van der Waals surface area (Å²) >= 11 is 0. The molecule has 2 aromatic rings. The zero-order valence-electron chi connectivity index (χ0n) is 12.1. The first kappa shape index (κ1) is 14.2. The van der Waals surface area contributed by atoms with Crippen LogP contribution in [-0.4, -0.2) is 6.54 Å². The Labute approximate surface area is 124 Å². The molecule has 3 heteroatoms. The smallest absolute Gasteiger partial charge is 0.163 e. The third-order valence-electron chi connectivity index (χ3n) is 4.16. The van der Waals surface area contributed by atoms with Gasteiger partial charge in [-0.25, -0.2) is 8.78 Å². The molecule has 1 atom stereocenters. The van der Waals surface area contributed by atoms with Crippen molar-refractivity contribution in [1.29, 1.82) is 0 Å². The molecule has 0 aliphatic heterocycles. The summed E-state index contributed by atoms with van der Waals surface area (Å²) in [5.74, 6) is -1.56. The highest BCUT2D eigenvalue weighted by Crippen LogP contribution is 2.30. The van der Waals surface area contributed by atoms with E-state index < -0.39 is 11.6 Å². The Bertz CT molecular complexity index is 652. The van der Waals surface area contributed by atoms with Crippen LogP contribution in [0.5, 0.6) is 0 Å². The SMILES string of the molecule is CCNC(c1ccc2c(c1)CCC2)c1cccc(F)c1F. The van der Waals surface area contributed by atoms with Crippen molar-refractivity contribution in [3.63, 3.8) is 0 Å². The van der Waals surface area contributed by atoms with Crippen molar-refractivity contribution < 1.29 is 8.78 Å². The van der Waals surface area contributed by atoms with E-state index in [1.54, 1.807) is 12.1 Å². The summed E-state index contributed by atoms with van der Waals surface area (Å²) in [7, 11) is 0. The Hall–Kier alpha value is -1.74. The fraction of sp³-hybridized carbons (Fsp3) is 0.333. The first-order valence-corrected chi connectivity index (χ1v) is 7.49. The van der Waals surface area contributed by atoms with Gasteiger partial charge in [-0.05, 0) is 48.6 Å². The average molecular weight is 287 g/mol. The van der Waals surface area contributed by atoms with Gasteiger partial charge in [-0.15, -0.1) is 0 Å². The maximum absolute atomic E-state index is 14.1. The van der Waals surface area contributed by atoms with E-state index in [0.717, 1.165) is 24.5 Å². The van der Waals surface area contributed by atoms with Gasteiger partial charge in [0.05, 0.1) is 6.04 Å². The highest BCUT2D eigenvalue weighted by Gasteiger charge is 2.21. The van der Waals surface area contributed by atoms with Gasteiger partial charge in [0.1, 0.15) is 0 Å². The molecule has 0 spiro atoms. The topological polar surface area (TPSA) is 12.0 Å². The second-order valence-electron chi connectivity index (χ2n) is 5.52. The molecule has 2 aromatic carbocycles. The number of nitrogens with one attached hydrogen (secondary N) is 1. The summed E-state index contributed by atoms with van der Waals surface area (Å²) in [6, 6.07) is 10.4. The normalized spacial score (nSPS) is 15.0. The molecule has 3 rings (SSSR count). The second kappa shape index (κ2) is 5.94. The summed E-state index contributed by atoms with van der Waals surface area (Å²) < 4.78 is 27.6. The van der Waals surface area contributed by atoms with Crippen molar-refractivity contribution in [2.75, 3.05) is 6.54 Å². The number of hydrogen-bond acceptors (Lipinski definition) is 1. The van der Waals surface area contributed by atoms with E-state index in [9.17, 15) is 8.78 Å². The quantitative estimate of drug-likeness (QED) is 0.890. The molecule has 0 amide bonds. The lowest BCUT2D eigenvalue weighted by atomic mass is 9.95. The number of hydrogen-bond donors (Lipinski definition) is 1. The summed E-state index contributed by atoms with van der Waals surface area (Å²) in [5, 5.41) is 3.27. The Morgan fingerprint density at radius 3 is 2.71 bits per heavy atom. The predicted molar refractivity (Wildman–Crippen MR) is 80.3 cm³/mol. The minimum atomic E-state index is -0.795. The Balaban J connectivity index is 2.03. The van der Waals surface area contributed by atoms with Crippen LogP contribution in [0.2, 0.25) is 0 Å². The van der Waals surface area contributed by atoms with Gasteiger partial charge in [0.2, 0.25) is 0 Å². The largest absolute Gasteiger partial charge is 0.306 e. The van der Waals surface area contributed by atoms with Gasteiger partial charge >= 0.3 is 0 Å². The molecule has 0 fully saturated rings. The molecule has 0 saturated carbocycles. The molecule has 0 heterocycles. The van der Waals surface area contributed by atoms with E-state index in [-0.39, 0.29) is 6.04 Å². The molecule has 1 nitrogen and oxygen atoms in total. The molecule has 0 saturated heterocycles. The minimum absolute atomic E-state index is 0.309. The van der Waals surface area contributed by atoms with E-state index in [1.165, 1.54) is 17.5 Å². The third kappa shape index (κ3) is 2.70. The molecule has 110 valence electrons. The van der Waals surface area contributed by atoms with Crippen molar-refractivity contribution >= 4 is 0 Å². The first-order valence-electron chi connectivity index (χ1n) is 7.49. The molecule has 1 unspecified atom stereocenters. The van der Waals surface area contributed by atoms with Crippen molar-refractivity contribution in [2.24, 2.45) is 0 Å². The molecule has 0 aromatic heterocycles. The van der Waals surface area contributed by atoms with Crippen LogP contribution < -0.4 is 5.32 Å². The number of benzene rings is 2. The van der Waals surface area contributed by atoms with Crippen LogP contribution in [-0.2, 0) is 12.8 Å². The highest BCUT2D eigenvalue weighted by molar-refractivity contribution is 5.40. The lowest BCUT2D eigenvalue weighted by molar-refractivity contribution is 0.483. The average Bonchev–Trinajstić information content (AvgIpc) is 2.95. The van der Waals surface area contributed by atoms with Crippen molar-refractivity contribution in [3.05, 3.63) is 70.3 Å². The Morgan fingerprint density at radius 1 is 1.10 bits per heavy atom. The predicted octanol–water partition coefficient (Wildman–Crippen LogP) is 4.15. The Kier molecular flexibility index (Phi) is 4.02. The minimum Gasteiger partial charge on any atom is -0.306 e. The number of aryl methyl sites for hydroxylation is 2. The third-order valence-corrected chi connectivity index (χ3v) is 4.16. The van der Waals surface area contributed by atoms with Crippen molar-refractivity contribution in [2.45, 2.75) is 32.2 Å². The zero-order chi connectivity index (χ0) is 14.8. The monoisotopic (exact) mass is 287 g/mol. The van der Waals surface area contributed by atoms with Crippen molar-refractivity contribution in [3.8, 4) is 0 Å². The maximum Gasteiger partial charge on any atom is 0.163 e. The summed E-state index contributed by atoms with van der Waals surface area (Å²) in [6.07, 6.45) is 3.38. The molecule has 0 radical (unpaired) electrons. The van der Waals surface area contributed by atoms with E-state index >= 15 is 0 Å².